The first-order valence-electron chi connectivity index (χ1n) is 6.51. The number of aromatic hydroxyl groups is 1. The summed E-state index contributed by atoms with van der Waals surface area (Å²) in [5, 5.41) is 23.7. The summed E-state index contributed by atoms with van der Waals surface area (Å²) in [7, 11) is 0. The molecule has 108 valence electrons. The van der Waals surface area contributed by atoms with E-state index in [0.29, 0.717) is 6.61 Å². The molecule has 1 unspecified atom stereocenters. The maximum Gasteiger partial charge on any atom is 0.234 e. The number of nitrogens with zero attached hydrogens (tertiary/aromatic N) is 4. The molecule has 8 heteroatoms. The Morgan fingerprint density at radius 3 is 3.05 bits per heavy atom. The third-order valence-corrected chi connectivity index (χ3v) is 5.36. The molecule has 2 aromatic heterocycles. The van der Waals surface area contributed by atoms with Gasteiger partial charge in [-0.2, -0.15) is 9.61 Å². The summed E-state index contributed by atoms with van der Waals surface area (Å²) in [5.41, 5.74) is 0.886. The summed E-state index contributed by atoms with van der Waals surface area (Å²) < 4.78 is 8.03. The van der Waals surface area contributed by atoms with E-state index in [1.165, 1.54) is 11.3 Å². The molecule has 1 aliphatic heterocycles. The average Bonchev–Trinajstić information content (AvgIpc) is 3.16. The van der Waals surface area contributed by atoms with Gasteiger partial charge >= 0.3 is 0 Å². The summed E-state index contributed by atoms with van der Waals surface area (Å²) in [6.45, 7) is 1.44. The standard InChI is InChI=1S/C13H11IN4O2S/c14-9-2-1-7(5-10(9)19)12-17-18-11(8-3-4-20-6-8)15-16-13(18)21-12/h1-2,5,8,19H,3-4,6H2. The minimum Gasteiger partial charge on any atom is -0.507 e. The van der Waals surface area contributed by atoms with Crippen molar-refractivity contribution in [2.24, 2.45) is 0 Å². The first kappa shape index (κ1) is 13.4. The maximum absolute atomic E-state index is 9.83. The van der Waals surface area contributed by atoms with E-state index < -0.39 is 0 Å². The minimum atomic E-state index is 0.264. The summed E-state index contributed by atoms with van der Waals surface area (Å²) >= 11 is 3.56. The van der Waals surface area contributed by atoms with Crippen LogP contribution in [0.5, 0.6) is 5.75 Å². The van der Waals surface area contributed by atoms with E-state index in [9.17, 15) is 5.11 Å². The van der Waals surface area contributed by atoms with E-state index in [0.717, 1.165) is 38.0 Å². The highest BCUT2D eigenvalue weighted by Gasteiger charge is 2.25. The van der Waals surface area contributed by atoms with Crippen LogP contribution in [0.3, 0.4) is 0 Å². The fraction of sp³-hybridized carbons (Fsp3) is 0.308. The molecular formula is C13H11IN4O2S. The Balaban J connectivity index is 1.78. The third kappa shape index (κ3) is 2.30. The van der Waals surface area contributed by atoms with Gasteiger partial charge in [0.25, 0.3) is 0 Å². The van der Waals surface area contributed by atoms with Gasteiger partial charge in [0, 0.05) is 18.1 Å². The quantitative estimate of drug-likeness (QED) is 0.653. The van der Waals surface area contributed by atoms with Gasteiger partial charge in [-0.15, -0.1) is 10.2 Å². The summed E-state index contributed by atoms with van der Waals surface area (Å²) in [6, 6.07) is 5.55. The zero-order valence-corrected chi connectivity index (χ0v) is 13.8. The normalized spacial score (nSPS) is 18.6. The fourth-order valence-corrected chi connectivity index (χ4v) is 3.57. The maximum atomic E-state index is 9.83. The van der Waals surface area contributed by atoms with Gasteiger partial charge in [0.05, 0.1) is 10.2 Å². The Morgan fingerprint density at radius 1 is 1.38 bits per heavy atom. The Kier molecular flexibility index (Phi) is 3.31. The number of ether oxygens (including phenoxy) is 1. The highest BCUT2D eigenvalue weighted by molar-refractivity contribution is 14.1. The highest BCUT2D eigenvalue weighted by atomic mass is 127. The predicted octanol–water partition coefficient (Wildman–Crippen LogP) is 2.67. The first-order valence-corrected chi connectivity index (χ1v) is 8.40. The van der Waals surface area contributed by atoms with Crippen molar-refractivity contribution in [2.45, 2.75) is 12.3 Å². The Morgan fingerprint density at radius 2 is 2.29 bits per heavy atom. The molecule has 4 rings (SSSR count). The van der Waals surface area contributed by atoms with Crippen LogP contribution in [0.25, 0.3) is 15.5 Å². The number of halogens is 1. The molecule has 0 amide bonds. The SMILES string of the molecule is Oc1cc(-c2nn3c(C4CCOC4)nnc3s2)ccc1I. The second-order valence-electron chi connectivity index (χ2n) is 4.89. The lowest BCUT2D eigenvalue weighted by atomic mass is 10.1. The van der Waals surface area contributed by atoms with Crippen LogP contribution < -0.4 is 0 Å². The number of hydrogen-bond donors (Lipinski definition) is 1. The molecule has 1 aliphatic rings. The summed E-state index contributed by atoms with van der Waals surface area (Å²) in [6.07, 6.45) is 0.956. The van der Waals surface area contributed by atoms with E-state index in [1.54, 1.807) is 10.6 Å². The smallest absolute Gasteiger partial charge is 0.234 e. The highest BCUT2D eigenvalue weighted by Crippen LogP contribution is 2.32. The fourth-order valence-electron chi connectivity index (χ4n) is 2.39. The zero-order valence-electron chi connectivity index (χ0n) is 10.9. The molecule has 3 heterocycles. The Bertz CT molecular complexity index is 810. The van der Waals surface area contributed by atoms with Crippen molar-refractivity contribution >= 4 is 38.9 Å². The average molecular weight is 414 g/mol. The minimum absolute atomic E-state index is 0.264. The topological polar surface area (TPSA) is 72.5 Å². The molecule has 1 N–H and O–H groups in total. The lowest BCUT2D eigenvalue weighted by Crippen LogP contribution is -2.04. The second-order valence-corrected chi connectivity index (χ2v) is 7.00. The number of hydrogen-bond acceptors (Lipinski definition) is 6. The van der Waals surface area contributed by atoms with Crippen molar-refractivity contribution < 1.29 is 9.84 Å². The first-order chi connectivity index (χ1) is 10.2. The molecule has 1 fully saturated rings. The van der Waals surface area contributed by atoms with Crippen LogP contribution in [0.1, 0.15) is 18.2 Å². The lowest BCUT2D eigenvalue weighted by molar-refractivity contribution is 0.193. The van der Waals surface area contributed by atoms with Gasteiger partial charge in [-0.3, -0.25) is 0 Å². The Labute approximate surface area is 137 Å². The monoisotopic (exact) mass is 414 g/mol. The van der Waals surface area contributed by atoms with E-state index in [4.69, 9.17) is 4.74 Å². The van der Waals surface area contributed by atoms with Crippen LogP contribution in [0.2, 0.25) is 0 Å². The molecule has 1 saturated heterocycles. The van der Waals surface area contributed by atoms with Gasteiger partial charge < -0.3 is 9.84 Å². The van der Waals surface area contributed by atoms with Crippen molar-refractivity contribution in [1.82, 2.24) is 19.8 Å². The molecule has 0 spiro atoms. The molecule has 0 bridgehead atoms. The van der Waals surface area contributed by atoms with Crippen LogP contribution in [0, 0.1) is 3.57 Å². The molecule has 0 saturated carbocycles. The second kappa shape index (κ2) is 5.18. The van der Waals surface area contributed by atoms with Gasteiger partial charge in [-0.25, -0.2) is 0 Å². The van der Waals surface area contributed by atoms with Gasteiger partial charge in [0.2, 0.25) is 4.96 Å². The van der Waals surface area contributed by atoms with Gasteiger partial charge in [0.15, 0.2) is 5.82 Å². The van der Waals surface area contributed by atoms with Gasteiger partial charge in [0.1, 0.15) is 10.8 Å². The van der Waals surface area contributed by atoms with Crippen molar-refractivity contribution in [3.8, 4) is 16.3 Å². The number of rotatable bonds is 2. The van der Waals surface area contributed by atoms with Crippen LogP contribution >= 0.6 is 33.9 Å². The van der Waals surface area contributed by atoms with Gasteiger partial charge in [-0.05, 0) is 41.1 Å². The van der Waals surface area contributed by atoms with E-state index in [2.05, 4.69) is 37.9 Å². The molecule has 1 atom stereocenters. The number of phenolic OH excluding ortho intramolecular Hbond substituents is 1. The molecule has 0 aliphatic carbocycles. The van der Waals surface area contributed by atoms with Crippen LogP contribution in [0.15, 0.2) is 18.2 Å². The van der Waals surface area contributed by atoms with Crippen molar-refractivity contribution in [2.75, 3.05) is 13.2 Å². The largest absolute Gasteiger partial charge is 0.507 e. The van der Waals surface area contributed by atoms with Crippen LogP contribution in [-0.2, 0) is 4.74 Å². The molecule has 1 aromatic carbocycles. The van der Waals surface area contributed by atoms with Crippen molar-refractivity contribution in [3.05, 3.63) is 27.6 Å². The van der Waals surface area contributed by atoms with Crippen LogP contribution in [-0.4, -0.2) is 38.1 Å². The van der Waals surface area contributed by atoms with Gasteiger partial charge in [-0.1, -0.05) is 17.4 Å². The zero-order chi connectivity index (χ0) is 14.4. The molecule has 6 nitrogen and oxygen atoms in total. The predicted molar refractivity (Wildman–Crippen MR) is 86.7 cm³/mol. The summed E-state index contributed by atoms with van der Waals surface area (Å²) in [4.78, 5) is 0.768. The van der Waals surface area contributed by atoms with E-state index >= 15 is 0 Å². The molecule has 3 aromatic rings. The number of aromatic nitrogens is 4. The Hall–Kier alpha value is -1.26. The molecule has 21 heavy (non-hydrogen) atoms. The number of phenols is 1. The molecular weight excluding hydrogens is 403 g/mol. The van der Waals surface area contributed by atoms with E-state index in [1.807, 2.05) is 12.1 Å². The van der Waals surface area contributed by atoms with Crippen molar-refractivity contribution in [3.63, 3.8) is 0 Å². The lowest BCUT2D eigenvalue weighted by Gasteiger charge is -2.02. The third-order valence-electron chi connectivity index (χ3n) is 3.50. The summed E-state index contributed by atoms with van der Waals surface area (Å²) in [5.74, 6) is 1.39. The van der Waals surface area contributed by atoms with Crippen molar-refractivity contribution in [1.29, 1.82) is 0 Å². The number of fused-ring (bicyclic) bond motifs is 1. The van der Waals surface area contributed by atoms with E-state index in [-0.39, 0.29) is 11.7 Å². The number of benzene rings is 1. The van der Waals surface area contributed by atoms with Crippen LogP contribution in [0.4, 0.5) is 0 Å². The molecule has 0 radical (unpaired) electrons.